The minimum absolute atomic E-state index is 0.0665. The molecule has 2 fully saturated rings. The summed E-state index contributed by atoms with van der Waals surface area (Å²) in [6.45, 7) is 1.71. The number of amides is 1. The molecule has 4 aliphatic heterocycles. The second-order valence-corrected chi connectivity index (χ2v) is 11.7. The molecule has 2 saturated heterocycles. The van der Waals surface area contributed by atoms with Gasteiger partial charge in [0.15, 0.2) is 23.1 Å². The number of halogens is 2. The van der Waals surface area contributed by atoms with Crippen molar-refractivity contribution in [1.82, 2.24) is 14.1 Å². The Morgan fingerprint density at radius 3 is 2.55 bits per heavy atom. The minimum Gasteiger partial charge on any atom is -0.502 e. The van der Waals surface area contributed by atoms with E-state index in [0.717, 1.165) is 36.6 Å². The Hall–Kier alpha value is -4.44. The van der Waals surface area contributed by atoms with Crippen LogP contribution in [0.25, 0.3) is 16.9 Å². The Morgan fingerprint density at radius 2 is 1.71 bits per heavy atom. The smallest absolute Gasteiger partial charge is 0.278 e. The summed E-state index contributed by atoms with van der Waals surface area (Å²) in [6, 6.07) is 14.5. The molecule has 1 N–H and O–H groups in total. The number of hydrogen-bond acceptors (Lipinski definition) is 5. The molecule has 2 aromatic carbocycles. The number of ether oxygens (including phenoxy) is 1. The van der Waals surface area contributed by atoms with Crippen LogP contribution in [0.15, 0.2) is 71.8 Å². The molecule has 2 unspecified atom stereocenters. The van der Waals surface area contributed by atoms with E-state index >= 15 is 4.39 Å². The Kier molecular flexibility index (Phi) is 5.43. The Morgan fingerprint density at radius 1 is 0.905 bits per heavy atom. The summed E-state index contributed by atoms with van der Waals surface area (Å²) in [5.74, 6) is -2.96. The number of para-hydroxylation sites is 1. The molecule has 6 heterocycles. The molecule has 8 rings (SSSR count). The molecule has 1 amide bonds. The average Bonchev–Trinajstić information content (AvgIpc) is 3.44. The first-order chi connectivity index (χ1) is 20.4. The molecule has 2 aromatic heterocycles. The van der Waals surface area contributed by atoms with Crippen molar-refractivity contribution in [2.24, 2.45) is 5.41 Å². The number of aromatic nitrogens is 2. The van der Waals surface area contributed by atoms with Crippen LogP contribution >= 0.6 is 0 Å². The summed E-state index contributed by atoms with van der Waals surface area (Å²) in [5.41, 5.74) is 1.90. The van der Waals surface area contributed by atoms with Crippen LogP contribution in [0.4, 0.5) is 8.78 Å². The normalized spacial score (nSPS) is 22.1. The molecule has 214 valence electrons. The maximum atomic E-state index is 15.9. The predicted molar refractivity (Wildman–Crippen MR) is 150 cm³/mol. The fraction of sp³-hybridized carbons (Fsp3) is 0.312. The van der Waals surface area contributed by atoms with E-state index in [9.17, 15) is 19.1 Å². The zero-order chi connectivity index (χ0) is 28.7. The van der Waals surface area contributed by atoms with Gasteiger partial charge in [0.25, 0.3) is 5.91 Å². The Balaban J connectivity index is 1.44. The van der Waals surface area contributed by atoms with Crippen LogP contribution in [0.3, 0.4) is 0 Å². The van der Waals surface area contributed by atoms with Gasteiger partial charge in [0.1, 0.15) is 12.2 Å². The zero-order valence-corrected chi connectivity index (χ0v) is 22.7. The standard InChI is InChI=1S/C32H28F2N4O4/c33-21-8-7-20-26(27(21)34)23-6-3-13-35(23)22-5-2-1-4-19(22)28(20)38-25-18-32(11-16-42-17-12-32)10-15-36(25)31(41)29-30(40)24(39)9-14-37(29)38/h1-9,13-14,25,28,40H,10-12,15-18H2. The van der Waals surface area contributed by atoms with Crippen molar-refractivity contribution in [3.8, 4) is 22.7 Å². The molecule has 2 atom stereocenters. The van der Waals surface area contributed by atoms with Gasteiger partial charge < -0.3 is 19.3 Å². The van der Waals surface area contributed by atoms with Gasteiger partial charge in [-0.15, -0.1) is 0 Å². The molecule has 0 bridgehead atoms. The number of piperidine rings is 1. The number of aromatic hydroxyl groups is 1. The van der Waals surface area contributed by atoms with Crippen LogP contribution in [0.2, 0.25) is 0 Å². The molecular formula is C32H28F2N4O4. The lowest BCUT2D eigenvalue weighted by Crippen LogP contribution is -2.66. The van der Waals surface area contributed by atoms with Crippen molar-refractivity contribution in [2.45, 2.75) is 37.9 Å². The van der Waals surface area contributed by atoms with Crippen molar-refractivity contribution in [2.75, 3.05) is 24.8 Å². The highest BCUT2D eigenvalue weighted by Crippen LogP contribution is 2.50. The van der Waals surface area contributed by atoms with E-state index in [-0.39, 0.29) is 16.7 Å². The van der Waals surface area contributed by atoms with E-state index in [0.29, 0.717) is 37.4 Å². The summed E-state index contributed by atoms with van der Waals surface area (Å²) < 4.78 is 39.9. The maximum absolute atomic E-state index is 15.9. The minimum atomic E-state index is -0.956. The van der Waals surface area contributed by atoms with Crippen molar-refractivity contribution in [3.05, 3.63) is 106 Å². The molecule has 4 aromatic rings. The third-order valence-corrected chi connectivity index (χ3v) is 9.67. The Labute approximate surface area is 239 Å². The third-order valence-electron chi connectivity index (χ3n) is 9.67. The average molecular weight is 571 g/mol. The van der Waals surface area contributed by atoms with E-state index in [2.05, 4.69) is 0 Å². The quantitative estimate of drug-likeness (QED) is 0.359. The number of benzene rings is 2. The van der Waals surface area contributed by atoms with Gasteiger partial charge in [-0.1, -0.05) is 24.3 Å². The van der Waals surface area contributed by atoms with Crippen molar-refractivity contribution in [3.63, 3.8) is 0 Å². The van der Waals surface area contributed by atoms with Gasteiger partial charge in [-0.05, 0) is 60.9 Å². The van der Waals surface area contributed by atoms with E-state index < -0.39 is 40.9 Å². The van der Waals surface area contributed by atoms with Crippen molar-refractivity contribution < 1.29 is 23.4 Å². The highest BCUT2D eigenvalue weighted by molar-refractivity contribution is 5.96. The number of carbonyl (C=O) groups is 1. The van der Waals surface area contributed by atoms with Gasteiger partial charge in [0.05, 0.1) is 11.4 Å². The van der Waals surface area contributed by atoms with Gasteiger partial charge in [0.2, 0.25) is 5.43 Å². The van der Waals surface area contributed by atoms with Crippen LogP contribution in [-0.2, 0) is 4.74 Å². The van der Waals surface area contributed by atoms with Gasteiger partial charge in [-0.25, -0.2) is 8.78 Å². The van der Waals surface area contributed by atoms with E-state index in [4.69, 9.17) is 4.74 Å². The number of carbonyl (C=O) groups excluding carboxylic acids is 1. The highest BCUT2D eigenvalue weighted by Gasteiger charge is 2.51. The van der Waals surface area contributed by atoms with E-state index in [1.807, 2.05) is 40.0 Å². The van der Waals surface area contributed by atoms with E-state index in [1.54, 1.807) is 27.8 Å². The van der Waals surface area contributed by atoms with Crippen LogP contribution in [0, 0.1) is 17.0 Å². The third kappa shape index (κ3) is 3.41. The van der Waals surface area contributed by atoms with Gasteiger partial charge in [0, 0.05) is 49.3 Å². The van der Waals surface area contributed by atoms with Crippen molar-refractivity contribution in [1.29, 1.82) is 0 Å². The topological polar surface area (TPSA) is 79.9 Å². The van der Waals surface area contributed by atoms with E-state index in [1.165, 1.54) is 12.3 Å². The van der Waals surface area contributed by atoms with Gasteiger partial charge in [-0.2, -0.15) is 0 Å². The summed E-state index contributed by atoms with van der Waals surface area (Å²) in [6.07, 6.45) is 5.94. The first-order valence-electron chi connectivity index (χ1n) is 14.3. The monoisotopic (exact) mass is 570 g/mol. The first kappa shape index (κ1) is 25.3. The van der Waals surface area contributed by atoms with Crippen LogP contribution < -0.4 is 10.4 Å². The van der Waals surface area contributed by atoms with Crippen LogP contribution in [-0.4, -0.2) is 51.1 Å². The molecule has 8 nitrogen and oxygen atoms in total. The van der Waals surface area contributed by atoms with Crippen molar-refractivity contribution >= 4 is 5.91 Å². The number of rotatable bonds is 1. The number of nitrogens with zero attached hydrogens (tertiary/aromatic N) is 4. The lowest BCUT2D eigenvalue weighted by atomic mass is 9.71. The highest BCUT2D eigenvalue weighted by atomic mass is 19.2. The Bertz CT molecular complexity index is 1830. The molecular weight excluding hydrogens is 542 g/mol. The molecule has 1 spiro atoms. The second-order valence-electron chi connectivity index (χ2n) is 11.7. The fourth-order valence-electron chi connectivity index (χ4n) is 7.56. The first-order valence-corrected chi connectivity index (χ1v) is 14.3. The largest absolute Gasteiger partial charge is 0.502 e. The van der Waals surface area contributed by atoms with Crippen LogP contribution in [0.1, 0.15) is 53.3 Å². The number of hydrogen-bond donors (Lipinski definition) is 1. The molecule has 10 heteroatoms. The molecule has 4 aliphatic rings. The lowest BCUT2D eigenvalue weighted by Gasteiger charge is -2.56. The predicted octanol–water partition coefficient (Wildman–Crippen LogP) is 4.70. The number of fused-ring (bicyclic) bond motifs is 7. The summed E-state index contributed by atoms with van der Waals surface area (Å²) in [7, 11) is 0. The number of pyridine rings is 1. The van der Waals surface area contributed by atoms with Gasteiger partial charge in [-0.3, -0.25) is 19.3 Å². The maximum Gasteiger partial charge on any atom is 0.278 e. The fourth-order valence-corrected chi connectivity index (χ4v) is 7.56. The second kappa shape index (κ2) is 9.03. The molecule has 0 saturated carbocycles. The van der Waals surface area contributed by atoms with Crippen LogP contribution in [0.5, 0.6) is 5.75 Å². The summed E-state index contributed by atoms with van der Waals surface area (Å²) in [4.78, 5) is 28.3. The zero-order valence-electron chi connectivity index (χ0n) is 22.7. The SMILES string of the molecule is O=C1c2c(O)c(=O)ccn2N(C2c3ccccc3-n3cccc3-c3c2ccc(F)c3F)C2CC3(CCOCC3)CCN12. The molecule has 0 aliphatic carbocycles. The molecule has 42 heavy (non-hydrogen) atoms. The summed E-state index contributed by atoms with van der Waals surface area (Å²) >= 11 is 0. The van der Waals surface area contributed by atoms with Gasteiger partial charge >= 0.3 is 0 Å². The summed E-state index contributed by atoms with van der Waals surface area (Å²) in [5, 5.41) is 12.9. The molecule has 0 radical (unpaired) electrons. The lowest BCUT2D eigenvalue weighted by molar-refractivity contribution is -0.0430.